The van der Waals surface area contributed by atoms with Crippen LogP contribution in [0.1, 0.15) is 17.5 Å². The average Bonchev–Trinajstić information content (AvgIpc) is 2.46. The Bertz CT molecular complexity index is 485. The number of hydrogen-bond donors (Lipinski definition) is 2. The van der Waals surface area contributed by atoms with E-state index < -0.39 is 0 Å². The van der Waals surface area contributed by atoms with Crippen molar-refractivity contribution in [3.8, 4) is 0 Å². The molecule has 1 heterocycles. The van der Waals surface area contributed by atoms with Crippen LogP contribution in [0.4, 0.5) is 0 Å². The van der Waals surface area contributed by atoms with Crippen LogP contribution in [0, 0.1) is 0 Å². The SMILES string of the molecule is NNC(CCc1cccnc1)Cc1ccc(Br)cc1. The number of aryl methyl sites for hydroxylation is 1. The predicted molar refractivity (Wildman–Crippen MR) is 81.5 cm³/mol. The third-order valence-electron chi connectivity index (χ3n) is 3.14. The highest BCUT2D eigenvalue weighted by Crippen LogP contribution is 2.13. The number of hydrogen-bond acceptors (Lipinski definition) is 3. The Hall–Kier alpha value is -1.23. The van der Waals surface area contributed by atoms with E-state index in [1.807, 2.05) is 12.3 Å². The van der Waals surface area contributed by atoms with Crippen molar-refractivity contribution in [2.24, 2.45) is 5.84 Å². The normalized spacial score (nSPS) is 12.3. The van der Waals surface area contributed by atoms with Crippen LogP contribution < -0.4 is 11.3 Å². The molecule has 100 valence electrons. The number of benzene rings is 1. The quantitative estimate of drug-likeness (QED) is 0.636. The van der Waals surface area contributed by atoms with Gasteiger partial charge >= 0.3 is 0 Å². The number of nitrogens with two attached hydrogens (primary N) is 1. The van der Waals surface area contributed by atoms with Gasteiger partial charge in [-0.05, 0) is 48.6 Å². The van der Waals surface area contributed by atoms with Crippen LogP contribution in [0.3, 0.4) is 0 Å². The number of nitrogens with one attached hydrogen (secondary N) is 1. The van der Waals surface area contributed by atoms with Gasteiger partial charge in [0.1, 0.15) is 0 Å². The first-order valence-corrected chi connectivity index (χ1v) is 7.16. The summed E-state index contributed by atoms with van der Waals surface area (Å²) in [6.45, 7) is 0. The smallest absolute Gasteiger partial charge is 0.0299 e. The van der Waals surface area contributed by atoms with Gasteiger partial charge in [0.25, 0.3) is 0 Å². The molecule has 0 fully saturated rings. The second kappa shape index (κ2) is 7.38. The van der Waals surface area contributed by atoms with E-state index in [9.17, 15) is 0 Å². The highest BCUT2D eigenvalue weighted by atomic mass is 79.9. The van der Waals surface area contributed by atoms with Crippen LogP contribution in [-0.2, 0) is 12.8 Å². The lowest BCUT2D eigenvalue weighted by atomic mass is 10.0. The van der Waals surface area contributed by atoms with Gasteiger partial charge in [0.15, 0.2) is 0 Å². The maximum atomic E-state index is 5.64. The van der Waals surface area contributed by atoms with E-state index in [4.69, 9.17) is 5.84 Å². The molecule has 0 aliphatic carbocycles. The molecule has 1 aromatic carbocycles. The highest BCUT2D eigenvalue weighted by Gasteiger charge is 2.08. The molecular weight excluding hydrogens is 302 g/mol. The van der Waals surface area contributed by atoms with Crippen LogP contribution >= 0.6 is 15.9 Å². The van der Waals surface area contributed by atoms with Gasteiger partial charge in [0, 0.05) is 22.9 Å². The van der Waals surface area contributed by atoms with E-state index in [1.54, 1.807) is 6.20 Å². The highest BCUT2D eigenvalue weighted by molar-refractivity contribution is 9.10. The van der Waals surface area contributed by atoms with Crippen molar-refractivity contribution in [3.05, 3.63) is 64.4 Å². The topological polar surface area (TPSA) is 50.9 Å². The van der Waals surface area contributed by atoms with E-state index in [1.165, 1.54) is 11.1 Å². The summed E-state index contributed by atoms with van der Waals surface area (Å²) in [7, 11) is 0. The number of hydrazine groups is 1. The fraction of sp³-hybridized carbons (Fsp3) is 0.267. The number of rotatable bonds is 6. The molecule has 4 heteroatoms. The summed E-state index contributed by atoms with van der Waals surface area (Å²) in [5, 5.41) is 0. The van der Waals surface area contributed by atoms with Crippen molar-refractivity contribution in [2.45, 2.75) is 25.3 Å². The van der Waals surface area contributed by atoms with Gasteiger partial charge in [-0.2, -0.15) is 0 Å². The van der Waals surface area contributed by atoms with E-state index in [2.05, 4.69) is 56.7 Å². The lowest BCUT2D eigenvalue weighted by Gasteiger charge is -2.15. The molecule has 0 saturated heterocycles. The standard InChI is InChI=1S/C15H18BrN3/c16-14-6-3-12(4-7-14)10-15(19-17)8-5-13-2-1-9-18-11-13/h1-4,6-7,9,11,15,19H,5,8,10,17H2. The molecule has 0 bridgehead atoms. The molecule has 0 saturated carbocycles. The van der Waals surface area contributed by atoms with Crippen LogP contribution in [0.15, 0.2) is 53.3 Å². The number of aromatic nitrogens is 1. The zero-order valence-electron chi connectivity index (χ0n) is 10.7. The van der Waals surface area contributed by atoms with E-state index >= 15 is 0 Å². The molecule has 0 amide bonds. The van der Waals surface area contributed by atoms with Gasteiger partial charge in [0.05, 0.1) is 0 Å². The fourth-order valence-corrected chi connectivity index (χ4v) is 2.30. The average molecular weight is 320 g/mol. The van der Waals surface area contributed by atoms with E-state index in [-0.39, 0.29) is 6.04 Å². The minimum atomic E-state index is 0.279. The maximum Gasteiger partial charge on any atom is 0.0299 e. The second-order valence-electron chi connectivity index (χ2n) is 4.59. The third-order valence-corrected chi connectivity index (χ3v) is 3.66. The Morgan fingerprint density at radius 2 is 1.95 bits per heavy atom. The Morgan fingerprint density at radius 3 is 2.58 bits per heavy atom. The zero-order valence-corrected chi connectivity index (χ0v) is 12.3. The molecule has 2 rings (SSSR count). The summed E-state index contributed by atoms with van der Waals surface area (Å²) in [6, 6.07) is 12.7. The lowest BCUT2D eigenvalue weighted by molar-refractivity contribution is 0.491. The Labute approximate surface area is 122 Å². The van der Waals surface area contributed by atoms with Crippen molar-refractivity contribution < 1.29 is 0 Å². The number of nitrogens with zero attached hydrogens (tertiary/aromatic N) is 1. The molecule has 0 aliphatic rings. The molecule has 0 spiro atoms. The molecule has 1 aromatic heterocycles. The van der Waals surface area contributed by atoms with Crippen molar-refractivity contribution in [2.75, 3.05) is 0 Å². The predicted octanol–water partition coefficient (Wildman–Crippen LogP) is 2.85. The van der Waals surface area contributed by atoms with Gasteiger partial charge in [-0.15, -0.1) is 0 Å². The monoisotopic (exact) mass is 319 g/mol. The molecule has 0 radical (unpaired) electrons. The Kier molecular flexibility index (Phi) is 5.51. The molecular formula is C15H18BrN3. The first-order chi connectivity index (χ1) is 9.28. The molecule has 3 nitrogen and oxygen atoms in total. The zero-order chi connectivity index (χ0) is 13.5. The minimum absolute atomic E-state index is 0.279. The van der Waals surface area contributed by atoms with Crippen molar-refractivity contribution in [3.63, 3.8) is 0 Å². The van der Waals surface area contributed by atoms with Gasteiger partial charge in [0.2, 0.25) is 0 Å². The molecule has 2 aromatic rings. The maximum absolute atomic E-state index is 5.64. The van der Waals surface area contributed by atoms with Gasteiger partial charge in [-0.1, -0.05) is 34.1 Å². The first kappa shape index (κ1) is 14.2. The van der Waals surface area contributed by atoms with Crippen LogP contribution in [0.2, 0.25) is 0 Å². The summed E-state index contributed by atoms with van der Waals surface area (Å²) in [5.41, 5.74) is 5.44. The van der Waals surface area contributed by atoms with E-state index in [0.29, 0.717) is 0 Å². The molecule has 3 N–H and O–H groups in total. The Balaban J connectivity index is 1.88. The second-order valence-corrected chi connectivity index (χ2v) is 5.51. The summed E-state index contributed by atoms with van der Waals surface area (Å²) in [4.78, 5) is 4.13. The molecule has 19 heavy (non-hydrogen) atoms. The minimum Gasteiger partial charge on any atom is -0.271 e. The number of pyridine rings is 1. The van der Waals surface area contributed by atoms with Gasteiger partial charge in [-0.3, -0.25) is 16.3 Å². The van der Waals surface area contributed by atoms with Gasteiger partial charge < -0.3 is 0 Å². The molecule has 1 unspecified atom stereocenters. The largest absolute Gasteiger partial charge is 0.271 e. The summed E-state index contributed by atoms with van der Waals surface area (Å²) >= 11 is 3.44. The molecule has 1 atom stereocenters. The third kappa shape index (κ3) is 4.74. The summed E-state index contributed by atoms with van der Waals surface area (Å²) in [5.74, 6) is 5.64. The van der Waals surface area contributed by atoms with Crippen molar-refractivity contribution in [1.82, 2.24) is 10.4 Å². The van der Waals surface area contributed by atoms with Crippen LogP contribution in [0.25, 0.3) is 0 Å². The summed E-state index contributed by atoms with van der Waals surface area (Å²) in [6.07, 6.45) is 6.62. The number of halogens is 1. The van der Waals surface area contributed by atoms with Crippen molar-refractivity contribution >= 4 is 15.9 Å². The van der Waals surface area contributed by atoms with Crippen LogP contribution in [-0.4, -0.2) is 11.0 Å². The van der Waals surface area contributed by atoms with Gasteiger partial charge in [-0.25, -0.2) is 0 Å². The van der Waals surface area contributed by atoms with Crippen molar-refractivity contribution in [1.29, 1.82) is 0 Å². The van der Waals surface area contributed by atoms with Crippen LogP contribution in [0.5, 0.6) is 0 Å². The summed E-state index contributed by atoms with van der Waals surface area (Å²) < 4.78 is 1.10. The lowest BCUT2D eigenvalue weighted by Crippen LogP contribution is -2.37. The Morgan fingerprint density at radius 1 is 1.16 bits per heavy atom. The fourth-order valence-electron chi connectivity index (χ4n) is 2.04. The molecule has 0 aliphatic heterocycles. The first-order valence-electron chi connectivity index (χ1n) is 6.37. The van der Waals surface area contributed by atoms with E-state index in [0.717, 1.165) is 23.7 Å².